The number of aromatic nitrogens is 1. The third-order valence-corrected chi connectivity index (χ3v) is 5.10. The van der Waals surface area contributed by atoms with Gasteiger partial charge in [-0.3, -0.25) is 9.59 Å². The second-order valence-electron chi connectivity index (χ2n) is 7.09. The molecule has 1 aromatic heterocycles. The Balaban J connectivity index is 1.49. The van der Waals surface area contributed by atoms with E-state index < -0.39 is 6.04 Å². The molecule has 0 aliphatic carbocycles. The van der Waals surface area contributed by atoms with Gasteiger partial charge in [-0.05, 0) is 49.2 Å². The molecule has 2 aromatic carbocycles. The second-order valence-corrected chi connectivity index (χ2v) is 7.09. The van der Waals surface area contributed by atoms with E-state index in [1.807, 2.05) is 36.4 Å². The van der Waals surface area contributed by atoms with Crippen LogP contribution in [0.5, 0.6) is 0 Å². The molecule has 6 heteroatoms. The number of hydrogen-bond donors (Lipinski definition) is 1. The summed E-state index contributed by atoms with van der Waals surface area (Å²) in [7, 11) is 0. The number of pyridine rings is 1. The van der Waals surface area contributed by atoms with Crippen LogP contribution in [0.2, 0.25) is 0 Å². The summed E-state index contributed by atoms with van der Waals surface area (Å²) in [5.41, 5.74) is 3.17. The lowest BCUT2D eigenvalue weighted by molar-refractivity contribution is -0.121. The number of nitrogens with one attached hydrogen (secondary N) is 1. The highest BCUT2D eigenvalue weighted by atomic mass is 16.2. The van der Waals surface area contributed by atoms with Gasteiger partial charge in [-0.25, -0.2) is 4.98 Å². The van der Waals surface area contributed by atoms with Crippen molar-refractivity contribution in [3.8, 4) is 17.3 Å². The van der Waals surface area contributed by atoms with E-state index in [-0.39, 0.29) is 17.5 Å². The lowest BCUT2D eigenvalue weighted by Gasteiger charge is -2.32. The van der Waals surface area contributed by atoms with Gasteiger partial charge in [-0.1, -0.05) is 36.4 Å². The summed E-state index contributed by atoms with van der Waals surface area (Å²) in [6.45, 7) is 0.582. The predicted octanol–water partition coefficient (Wildman–Crippen LogP) is 3.55. The molecular weight excluding hydrogens is 376 g/mol. The van der Waals surface area contributed by atoms with Crippen LogP contribution in [0.25, 0.3) is 11.3 Å². The van der Waals surface area contributed by atoms with Crippen molar-refractivity contribution >= 4 is 17.5 Å². The number of carbonyl (C=O) groups excluding carboxylic acids is 2. The molecule has 1 N–H and O–H groups in total. The molecule has 1 aliphatic rings. The Hall–Kier alpha value is -3.98. The van der Waals surface area contributed by atoms with Gasteiger partial charge >= 0.3 is 0 Å². The topological polar surface area (TPSA) is 86.1 Å². The molecule has 148 valence electrons. The Morgan fingerprint density at radius 3 is 2.53 bits per heavy atom. The van der Waals surface area contributed by atoms with Crippen molar-refractivity contribution < 1.29 is 9.59 Å². The first-order valence-corrected chi connectivity index (χ1v) is 9.80. The van der Waals surface area contributed by atoms with Crippen LogP contribution in [0.1, 0.15) is 28.9 Å². The molecule has 0 spiro atoms. The highest BCUT2D eigenvalue weighted by Gasteiger charge is 2.31. The molecule has 1 unspecified atom stereocenters. The Morgan fingerprint density at radius 1 is 1.03 bits per heavy atom. The molecule has 1 fully saturated rings. The minimum absolute atomic E-state index is 0.154. The summed E-state index contributed by atoms with van der Waals surface area (Å²) in [6.07, 6.45) is 1.35. The molecule has 4 rings (SSSR count). The zero-order valence-electron chi connectivity index (χ0n) is 16.3. The maximum atomic E-state index is 13.0. The minimum atomic E-state index is -0.607. The number of rotatable bonds is 4. The smallest absolute Gasteiger partial charge is 0.270 e. The van der Waals surface area contributed by atoms with Crippen LogP contribution in [0.4, 0.5) is 5.69 Å². The van der Waals surface area contributed by atoms with E-state index in [1.165, 1.54) is 0 Å². The third-order valence-electron chi connectivity index (χ3n) is 5.10. The van der Waals surface area contributed by atoms with Gasteiger partial charge in [0.05, 0.1) is 17.3 Å². The first kappa shape index (κ1) is 19.3. The van der Waals surface area contributed by atoms with Crippen molar-refractivity contribution in [2.45, 2.75) is 18.9 Å². The van der Waals surface area contributed by atoms with Crippen molar-refractivity contribution in [2.75, 3.05) is 11.4 Å². The summed E-state index contributed by atoms with van der Waals surface area (Å²) < 4.78 is 0. The van der Waals surface area contributed by atoms with Crippen LogP contribution in [0, 0.1) is 11.3 Å². The number of piperidine rings is 1. The average Bonchev–Trinajstić information content (AvgIpc) is 2.81. The predicted molar refractivity (Wildman–Crippen MR) is 114 cm³/mol. The molecule has 3 aromatic rings. The van der Waals surface area contributed by atoms with Crippen molar-refractivity contribution in [1.29, 1.82) is 5.26 Å². The van der Waals surface area contributed by atoms with E-state index in [0.29, 0.717) is 24.2 Å². The van der Waals surface area contributed by atoms with Crippen LogP contribution in [-0.4, -0.2) is 29.4 Å². The second kappa shape index (κ2) is 8.58. The lowest BCUT2D eigenvalue weighted by Crippen LogP contribution is -2.52. The van der Waals surface area contributed by atoms with Crippen LogP contribution < -0.4 is 10.2 Å². The van der Waals surface area contributed by atoms with Gasteiger partial charge in [0.2, 0.25) is 5.91 Å². The fraction of sp³-hybridized carbons (Fsp3) is 0.167. The zero-order chi connectivity index (χ0) is 20.9. The Morgan fingerprint density at radius 2 is 1.80 bits per heavy atom. The van der Waals surface area contributed by atoms with Gasteiger partial charge in [0.25, 0.3) is 5.91 Å². The van der Waals surface area contributed by atoms with Gasteiger partial charge in [0.1, 0.15) is 11.7 Å². The van der Waals surface area contributed by atoms with E-state index in [1.54, 1.807) is 41.3 Å². The molecule has 0 radical (unpaired) electrons. The first-order valence-electron chi connectivity index (χ1n) is 9.80. The number of benzene rings is 2. The molecule has 0 saturated carbocycles. The van der Waals surface area contributed by atoms with Gasteiger partial charge < -0.3 is 10.2 Å². The highest BCUT2D eigenvalue weighted by Crippen LogP contribution is 2.22. The van der Waals surface area contributed by atoms with Gasteiger partial charge in [-0.15, -0.1) is 0 Å². The largest absolute Gasteiger partial charge is 0.339 e. The molecule has 30 heavy (non-hydrogen) atoms. The quantitative estimate of drug-likeness (QED) is 0.731. The van der Waals surface area contributed by atoms with E-state index in [4.69, 9.17) is 5.26 Å². The normalized spacial score (nSPS) is 16.0. The zero-order valence-corrected chi connectivity index (χ0v) is 16.3. The molecule has 1 atom stereocenters. The fourth-order valence-corrected chi connectivity index (χ4v) is 3.54. The maximum absolute atomic E-state index is 13.0. The van der Waals surface area contributed by atoms with E-state index in [0.717, 1.165) is 17.7 Å². The van der Waals surface area contributed by atoms with Crippen molar-refractivity contribution in [2.24, 2.45) is 0 Å². The summed E-state index contributed by atoms with van der Waals surface area (Å²) in [4.78, 5) is 31.9. The van der Waals surface area contributed by atoms with Crippen LogP contribution in [0.15, 0.2) is 72.8 Å². The fourth-order valence-electron chi connectivity index (χ4n) is 3.54. The maximum Gasteiger partial charge on any atom is 0.270 e. The Bertz CT molecular complexity index is 1100. The molecule has 2 heterocycles. The van der Waals surface area contributed by atoms with Crippen LogP contribution in [0.3, 0.4) is 0 Å². The summed E-state index contributed by atoms with van der Waals surface area (Å²) in [5.74, 6) is -0.522. The number of hydrogen-bond acceptors (Lipinski definition) is 4. The number of nitriles is 1. The number of amides is 2. The minimum Gasteiger partial charge on any atom is -0.339 e. The monoisotopic (exact) mass is 396 g/mol. The van der Waals surface area contributed by atoms with Crippen LogP contribution >= 0.6 is 0 Å². The third kappa shape index (κ3) is 4.06. The highest BCUT2D eigenvalue weighted by molar-refractivity contribution is 6.02. The van der Waals surface area contributed by atoms with Gasteiger partial charge in [0.15, 0.2) is 0 Å². The van der Waals surface area contributed by atoms with E-state index in [9.17, 15) is 9.59 Å². The van der Waals surface area contributed by atoms with Gasteiger partial charge in [0, 0.05) is 17.8 Å². The van der Waals surface area contributed by atoms with Gasteiger partial charge in [-0.2, -0.15) is 5.26 Å². The van der Waals surface area contributed by atoms with Crippen LogP contribution in [-0.2, 0) is 4.79 Å². The number of anilines is 1. The average molecular weight is 396 g/mol. The standard InChI is InChI=1S/C24H20N4O2/c25-16-17-11-13-19(14-12-17)28-15-5-10-22(24(28)30)27-23(29)21-9-4-8-20(26-21)18-6-2-1-3-7-18/h1-4,6-9,11-14,22H,5,10,15H2,(H,27,29). The number of nitrogens with zero attached hydrogens (tertiary/aromatic N) is 3. The Kier molecular flexibility index (Phi) is 5.53. The van der Waals surface area contributed by atoms with E-state index in [2.05, 4.69) is 16.4 Å². The van der Waals surface area contributed by atoms with Crippen molar-refractivity contribution in [3.05, 3.63) is 84.1 Å². The summed E-state index contributed by atoms with van der Waals surface area (Å²) in [6, 6.07) is 23.3. The molecule has 2 amide bonds. The molecular formula is C24H20N4O2. The lowest BCUT2D eigenvalue weighted by atomic mass is 10.0. The summed E-state index contributed by atoms with van der Waals surface area (Å²) in [5, 5.41) is 11.8. The molecule has 0 bridgehead atoms. The SMILES string of the molecule is N#Cc1ccc(N2CCCC(NC(=O)c3cccc(-c4ccccc4)n3)C2=O)cc1. The molecule has 6 nitrogen and oxygen atoms in total. The molecule has 1 aliphatic heterocycles. The Labute approximate surface area is 174 Å². The van der Waals surface area contributed by atoms with Crippen molar-refractivity contribution in [3.63, 3.8) is 0 Å². The number of carbonyl (C=O) groups is 2. The summed E-state index contributed by atoms with van der Waals surface area (Å²) >= 11 is 0. The van der Waals surface area contributed by atoms with E-state index >= 15 is 0 Å². The van der Waals surface area contributed by atoms with Crippen molar-refractivity contribution in [1.82, 2.24) is 10.3 Å². The first-order chi connectivity index (χ1) is 14.7. The molecule has 1 saturated heterocycles.